The Bertz CT molecular complexity index is 485. The molecule has 1 saturated heterocycles. The lowest BCUT2D eigenvalue weighted by molar-refractivity contribution is 0.0167. The summed E-state index contributed by atoms with van der Waals surface area (Å²) in [6.45, 7) is 4.44. The van der Waals surface area contributed by atoms with Crippen molar-refractivity contribution >= 4 is 17.4 Å². The second kappa shape index (κ2) is 7.94. The number of ether oxygens (including phenoxy) is 2. The van der Waals surface area contributed by atoms with Gasteiger partial charge in [0.05, 0.1) is 12.7 Å². The summed E-state index contributed by atoms with van der Waals surface area (Å²) in [7, 11) is 0. The largest absolute Gasteiger partial charge is 0.379 e. The summed E-state index contributed by atoms with van der Waals surface area (Å²) in [6.07, 6.45) is 4.35. The molecule has 1 aromatic rings. The Morgan fingerprint density at radius 1 is 1.55 bits per heavy atom. The first kappa shape index (κ1) is 15.8. The Balaban J connectivity index is 1.27. The van der Waals surface area contributed by atoms with Gasteiger partial charge in [0.1, 0.15) is 0 Å². The Morgan fingerprint density at radius 2 is 2.50 bits per heavy atom. The number of nitrogens with zero attached hydrogens (tertiary/aromatic N) is 1. The molecule has 0 spiro atoms. The fourth-order valence-electron chi connectivity index (χ4n) is 2.89. The van der Waals surface area contributed by atoms with E-state index in [1.54, 1.807) is 11.3 Å². The van der Waals surface area contributed by atoms with Gasteiger partial charge < -0.3 is 19.7 Å². The zero-order valence-electron chi connectivity index (χ0n) is 12.9. The monoisotopic (exact) mass is 324 g/mol. The number of carbonyl (C=O) groups is 1. The van der Waals surface area contributed by atoms with Crippen molar-refractivity contribution in [3.05, 3.63) is 21.9 Å². The van der Waals surface area contributed by atoms with Crippen LogP contribution >= 0.6 is 11.3 Å². The molecule has 3 heterocycles. The quantitative estimate of drug-likeness (QED) is 0.818. The van der Waals surface area contributed by atoms with Crippen LogP contribution in [-0.2, 0) is 22.4 Å². The van der Waals surface area contributed by atoms with Crippen molar-refractivity contribution in [2.75, 3.05) is 32.9 Å². The number of rotatable bonds is 6. The van der Waals surface area contributed by atoms with Gasteiger partial charge in [-0.3, -0.25) is 0 Å². The van der Waals surface area contributed by atoms with Gasteiger partial charge in [-0.15, -0.1) is 11.3 Å². The minimum absolute atomic E-state index is 0.0379. The van der Waals surface area contributed by atoms with Crippen molar-refractivity contribution in [2.45, 2.75) is 38.3 Å². The zero-order valence-corrected chi connectivity index (χ0v) is 13.7. The molecule has 1 fully saturated rings. The standard InChI is InChI=1S/C16H24N2O3S/c19-16(18-7-4-15-13(11-18)5-10-22-15)17-6-2-8-20-12-14-3-1-9-21-14/h5,10,14H,1-4,6-9,11-12H2,(H,17,19)/t14-/m0/s1. The lowest BCUT2D eigenvalue weighted by Gasteiger charge is -2.27. The molecule has 0 bridgehead atoms. The lowest BCUT2D eigenvalue weighted by Crippen LogP contribution is -2.42. The maximum absolute atomic E-state index is 12.1. The third kappa shape index (κ3) is 4.21. The molecule has 5 nitrogen and oxygen atoms in total. The van der Waals surface area contributed by atoms with E-state index >= 15 is 0 Å². The normalized spacial score (nSPS) is 20.9. The molecule has 22 heavy (non-hydrogen) atoms. The number of nitrogens with one attached hydrogen (secondary N) is 1. The van der Waals surface area contributed by atoms with E-state index in [0.717, 1.165) is 45.4 Å². The Labute approximate surface area is 135 Å². The highest BCUT2D eigenvalue weighted by molar-refractivity contribution is 7.10. The molecule has 0 aromatic carbocycles. The van der Waals surface area contributed by atoms with Crippen LogP contribution in [0.15, 0.2) is 11.4 Å². The molecule has 2 amide bonds. The van der Waals surface area contributed by atoms with Gasteiger partial charge in [0.25, 0.3) is 0 Å². The van der Waals surface area contributed by atoms with Crippen LogP contribution in [0.3, 0.4) is 0 Å². The molecule has 122 valence electrons. The first-order chi connectivity index (χ1) is 10.8. The summed E-state index contributed by atoms with van der Waals surface area (Å²) in [4.78, 5) is 15.4. The van der Waals surface area contributed by atoms with Crippen molar-refractivity contribution in [1.29, 1.82) is 0 Å². The molecular formula is C16H24N2O3S. The van der Waals surface area contributed by atoms with Gasteiger partial charge in [-0.25, -0.2) is 4.79 Å². The molecule has 1 aromatic heterocycles. The van der Waals surface area contributed by atoms with Gasteiger partial charge in [-0.05, 0) is 42.7 Å². The molecule has 1 N–H and O–H groups in total. The van der Waals surface area contributed by atoms with E-state index in [-0.39, 0.29) is 12.1 Å². The van der Waals surface area contributed by atoms with E-state index in [1.807, 2.05) is 4.90 Å². The smallest absolute Gasteiger partial charge is 0.317 e. The zero-order chi connectivity index (χ0) is 15.2. The number of amides is 2. The fourth-order valence-corrected chi connectivity index (χ4v) is 3.78. The van der Waals surface area contributed by atoms with E-state index < -0.39 is 0 Å². The lowest BCUT2D eigenvalue weighted by atomic mass is 10.1. The van der Waals surface area contributed by atoms with Crippen molar-refractivity contribution in [3.63, 3.8) is 0 Å². The van der Waals surface area contributed by atoms with Gasteiger partial charge in [0.15, 0.2) is 0 Å². The minimum atomic E-state index is 0.0379. The van der Waals surface area contributed by atoms with Crippen LogP contribution in [0.1, 0.15) is 29.7 Å². The summed E-state index contributed by atoms with van der Waals surface area (Å²) in [5, 5.41) is 5.09. The predicted octanol–water partition coefficient (Wildman–Crippen LogP) is 2.40. The van der Waals surface area contributed by atoms with E-state index in [0.29, 0.717) is 19.8 Å². The highest BCUT2D eigenvalue weighted by Gasteiger charge is 2.21. The molecule has 1 atom stereocenters. The molecule has 0 saturated carbocycles. The highest BCUT2D eigenvalue weighted by Crippen LogP contribution is 2.23. The number of thiophene rings is 1. The van der Waals surface area contributed by atoms with Crippen molar-refractivity contribution in [3.8, 4) is 0 Å². The first-order valence-corrected chi connectivity index (χ1v) is 8.98. The molecule has 0 radical (unpaired) electrons. The third-order valence-corrected chi connectivity index (χ3v) is 5.19. The maximum atomic E-state index is 12.1. The molecule has 0 unspecified atom stereocenters. The fraction of sp³-hybridized carbons (Fsp3) is 0.688. The van der Waals surface area contributed by atoms with Crippen LogP contribution in [0.2, 0.25) is 0 Å². The topological polar surface area (TPSA) is 50.8 Å². The van der Waals surface area contributed by atoms with Crippen LogP contribution in [-0.4, -0.2) is 49.9 Å². The van der Waals surface area contributed by atoms with Gasteiger partial charge in [-0.1, -0.05) is 0 Å². The second-order valence-corrected chi connectivity index (χ2v) is 6.84. The van der Waals surface area contributed by atoms with E-state index in [9.17, 15) is 4.79 Å². The van der Waals surface area contributed by atoms with E-state index in [1.165, 1.54) is 10.4 Å². The van der Waals surface area contributed by atoms with E-state index in [4.69, 9.17) is 9.47 Å². The molecule has 3 rings (SSSR count). The van der Waals surface area contributed by atoms with Crippen LogP contribution < -0.4 is 5.32 Å². The summed E-state index contributed by atoms with van der Waals surface area (Å²) >= 11 is 1.79. The number of hydrogen-bond donors (Lipinski definition) is 1. The Kier molecular flexibility index (Phi) is 5.70. The minimum Gasteiger partial charge on any atom is -0.379 e. The summed E-state index contributed by atoms with van der Waals surface area (Å²) in [6, 6.07) is 2.16. The summed E-state index contributed by atoms with van der Waals surface area (Å²) in [5.74, 6) is 0. The van der Waals surface area contributed by atoms with Gasteiger partial charge in [0.2, 0.25) is 0 Å². The highest BCUT2D eigenvalue weighted by atomic mass is 32.1. The third-order valence-electron chi connectivity index (χ3n) is 4.16. The first-order valence-electron chi connectivity index (χ1n) is 8.10. The van der Waals surface area contributed by atoms with Gasteiger partial charge in [0, 0.05) is 37.7 Å². The van der Waals surface area contributed by atoms with E-state index in [2.05, 4.69) is 16.8 Å². The van der Waals surface area contributed by atoms with Crippen LogP contribution in [0.25, 0.3) is 0 Å². The second-order valence-electron chi connectivity index (χ2n) is 5.84. The van der Waals surface area contributed by atoms with Gasteiger partial charge >= 0.3 is 6.03 Å². The number of carbonyl (C=O) groups excluding carboxylic acids is 1. The molecule has 6 heteroatoms. The molecule has 0 aliphatic carbocycles. The summed E-state index contributed by atoms with van der Waals surface area (Å²) < 4.78 is 11.1. The molecular weight excluding hydrogens is 300 g/mol. The Morgan fingerprint density at radius 3 is 3.36 bits per heavy atom. The van der Waals surface area contributed by atoms with Crippen LogP contribution in [0, 0.1) is 0 Å². The molecule has 2 aliphatic rings. The summed E-state index contributed by atoms with van der Waals surface area (Å²) in [5.41, 5.74) is 1.30. The van der Waals surface area contributed by atoms with Gasteiger partial charge in [-0.2, -0.15) is 0 Å². The predicted molar refractivity (Wildman–Crippen MR) is 86.2 cm³/mol. The van der Waals surface area contributed by atoms with Crippen molar-refractivity contribution in [2.24, 2.45) is 0 Å². The van der Waals surface area contributed by atoms with Crippen molar-refractivity contribution in [1.82, 2.24) is 10.2 Å². The number of hydrogen-bond acceptors (Lipinski definition) is 4. The molecule has 2 aliphatic heterocycles. The average molecular weight is 324 g/mol. The average Bonchev–Trinajstić information content (AvgIpc) is 3.20. The number of urea groups is 1. The Hall–Kier alpha value is -1.11. The number of fused-ring (bicyclic) bond motifs is 1. The van der Waals surface area contributed by atoms with Crippen molar-refractivity contribution < 1.29 is 14.3 Å². The SMILES string of the molecule is O=C(NCCCOC[C@@H]1CCCO1)N1CCc2sccc2C1. The maximum Gasteiger partial charge on any atom is 0.317 e. The van der Waals surface area contributed by atoms with Crippen LogP contribution in [0.4, 0.5) is 4.79 Å². The van der Waals surface area contributed by atoms with Crippen LogP contribution in [0.5, 0.6) is 0 Å².